The van der Waals surface area contributed by atoms with Gasteiger partial charge in [0.2, 0.25) is 0 Å². The fraction of sp³-hybridized carbons (Fsp3) is 0.545. The summed E-state index contributed by atoms with van der Waals surface area (Å²) in [5.74, 6) is 1.36. The average Bonchev–Trinajstić information content (AvgIpc) is 3.41. The van der Waals surface area contributed by atoms with Gasteiger partial charge in [0.25, 0.3) is 0 Å². The van der Waals surface area contributed by atoms with Gasteiger partial charge in [-0.15, -0.1) is 11.3 Å². The molecule has 2 fully saturated rings. The summed E-state index contributed by atoms with van der Waals surface area (Å²) in [6.45, 7) is 8.98. The summed E-state index contributed by atoms with van der Waals surface area (Å²) in [5, 5.41) is 6.40. The lowest BCUT2D eigenvalue weighted by Gasteiger charge is -2.34. The minimum Gasteiger partial charge on any atom is -0.497 e. The lowest BCUT2D eigenvalue weighted by atomic mass is 10.1. The van der Waals surface area contributed by atoms with Crippen LogP contribution in [0, 0.1) is 12.8 Å². The van der Waals surface area contributed by atoms with Gasteiger partial charge in [-0.1, -0.05) is 6.07 Å². The summed E-state index contributed by atoms with van der Waals surface area (Å²) in [4.78, 5) is 23.8. The number of carbonyl (C=O) groups is 1. The van der Waals surface area contributed by atoms with Crippen molar-refractivity contribution in [3.05, 3.63) is 40.3 Å². The average molecular weight is 430 g/mol. The van der Waals surface area contributed by atoms with E-state index in [2.05, 4.69) is 37.6 Å². The third-order valence-corrected chi connectivity index (χ3v) is 6.78. The number of nitrogens with zero attached hydrogens (tertiary/aromatic N) is 4. The van der Waals surface area contributed by atoms with E-state index >= 15 is 0 Å². The molecule has 0 aliphatic carbocycles. The number of aryl methyl sites for hydroxylation is 1. The number of nitrogens with one attached hydrogen (secondary N) is 1. The highest BCUT2D eigenvalue weighted by Crippen LogP contribution is 2.26. The minimum atomic E-state index is 0.0685. The maximum Gasteiger partial charge on any atom is 0.317 e. The number of methoxy groups -OCH3 is 1. The van der Waals surface area contributed by atoms with Crippen molar-refractivity contribution in [3.63, 3.8) is 0 Å². The first-order valence-corrected chi connectivity index (χ1v) is 11.5. The Balaban J connectivity index is 1.18. The van der Waals surface area contributed by atoms with E-state index in [1.807, 2.05) is 24.0 Å². The number of carbonyl (C=O) groups excluding carboxylic acids is 1. The SMILES string of the molecule is COc1cccc(N2CCC(CNC(=O)N3CCN(Cc4csc(C)n4)CC3)C2)c1. The molecule has 162 valence electrons. The van der Waals surface area contributed by atoms with Gasteiger partial charge in [0.05, 0.1) is 17.8 Å². The molecule has 0 saturated carbocycles. The van der Waals surface area contributed by atoms with Crippen molar-refractivity contribution in [1.29, 1.82) is 0 Å². The molecule has 2 aliphatic rings. The van der Waals surface area contributed by atoms with Crippen LogP contribution in [0.15, 0.2) is 29.6 Å². The Kier molecular flexibility index (Phi) is 6.74. The van der Waals surface area contributed by atoms with Crippen LogP contribution in [-0.4, -0.2) is 73.7 Å². The van der Waals surface area contributed by atoms with E-state index in [-0.39, 0.29) is 6.03 Å². The standard InChI is InChI=1S/C22H31N5O2S/c1-17-24-19(16-30-17)15-25-8-10-26(11-9-25)22(28)23-13-18-6-7-27(14-18)20-4-3-5-21(12-20)29-2/h3-5,12,16,18H,6-11,13-15H2,1-2H3,(H,23,28). The number of urea groups is 1. The highest BCUT2D eigenvalue weighted by Gasteiger charge is 2.25. The molecule has 1 unspecified atom stereocenters. The maximum atomic E-state index is 12.6. The summed E-state index contributed by atoms with van der Waals surface area (Å²) in [6.07, 6.45) is 1.10. The minimum absolute atomic E-state index is 0.0685. The van der Waals surface area contributed by atoms with Gasteiger partial charge in [0.15, 0.2) is 0 Å². The molecule has 2 aromatic rings. The van der Waals surface area contributed by atoms with E-state index in [1.165, 1.54) is 5.69 Å². The highest BCUT2D eigenvalue weighted by molar-refractivity contribution is 7.09. The van der Waals surface area contributed by atoms with Crippen molar-refractivity contribution in [2.24, 2.45) is 5.92 Å². The number of benzene rings is 1. The number of ether oxygens (including phenoxy) is 1. The zero-order valence-corrected chi connectivity index (χ0v) is 18.7. The largest absolute Gasteiger partial charge is 0.497 e. The smallest absolute Gasteiger partial charge is 0.317 e. The van der Waals surface area contributed by atoms with Crippen LogP contribution in [-0.2, 0) is 6.54 Å². The number of rotatable bonds is 6. The molecular formula is C22H31N5O2S. The lowest BCUT2D eigenvalue weighted by molar-refractivity contribution is 0.134. The second-order valence-electron chi connectivity index (χ2n) is 8.11. The molecule has 1 aromatic heterocycles. The van der Waals surface area contributed by atoms with Gasteiger partial charge in [-0.3, -0.25) is 4.90 Å². The highest BCUT2D eigenvalue weighted by atomic mass is 32.1. The van der Waals surface area contributed by atoms with Crippen LogP contribution >= 0.6 is 11.3 Å². The third-order valence-electron chi connectivity index (χ3n) is 5.96. The Hall–Kier alpha value is -2.32. The Morgan fingerprint density at radius 2 is 2.10 bits per heavy atom. The first-order valence-electron chi connectivity index (χ1n) is 10.7. The number of anilines is 1. The Morgan fingerprint density at radius 1 is 1.27 bits per heavy atom. The molecule has 1 N–H and O–H groups in total. The molecule has 0 radical (unpaired) electrons. The van der Waals surface area contributed by atoms with Crippen molar-refractivity contribution in [3.8, 4) is 5.75 Å². The molecule has 4 rings (SSSR count). The molecule has 2 aliphatic heterocycles. The van der Waals surface area contributed by atoms with E-state index < -0.39 is 0 Å². The number of piperazine rings is 1. The Labute approximate surface area is 182 Å². The molecule has 1 aromatic carbocycles. The van der Waals surface area contributed by atoms with E-state index in [0.717, 1.165) is 75.2 Å². The van der Waals surface area contributed by atoms with E-state index in [1.54, 1.807) is 18.4 Å². The van der Waals surface area contributed by atoms with Crippen molar-refractivity contribution < 1.29 is 9.53 Å². The predicted molar refractivity (Wildman–Crippen MR) is 120 cm³/mol. The van der Waals surface area contributed by atoms with Crippen LogP contribution in [0.5, 0.6) is 5.75 Å². The normalized spacial score (nSPS) is 19.9. The summed E-state index contributed by atoms with van der Waals surface area (Å²) in [7, 11) is 1.70. The zero-order chi connectivity index (χ0) is 20.9. The topological polar surface area (TPSA) is 60.9 Å². The molecule has 3 heterocycles. The van der Waals surface area contributed by atoms with Crippen LogP contribution in [0.25, 0.3) is 0 Å². The fourth-order valence-corrected chi connectivity index (χ4v) is 4.81. The molecular weight excluding hydrogens is 398 g/mol. The number of thiazole rings is 1. The monoisotopic (exact) mass is 429 g/mol. The third kappa shape index (κ3) is 5.23. The molecule has 1 atom stereocenters. The number of amides is 2. The van der Waals surface area contributed by atoms with Gasteiger partial charge in [0, 0.05) is 69.5 Å². The molecule has 0 bridgehead atoms. The van der Waals surface area contributed by atoms with Crippen molar-refractivity contribution in [1.82, 2.24) is 20.1 Å². The summed E-state index contributed by atoms with van der Waals surface area (Å²) in [6, 6.07) is 8.26. The second-order valence-corrected chi connectivity index (χ2v) is 9.17. The lowest BCUT2D eigenvalue weighted by Crippen LogP contribution is -2.52. The summed E-state index contributed by atoms with van der Waals surface area (Å²) < 4.78 is 5.33. The Bertz CT molecular complexity index is 850. The van der Waals surface area contributed by atoms with Gasteiger partial charge in [-0.2, -0.15) is 0 Å². The van der Waals surface area contributed by atoms with Gasteiger partial charge in [-0.05, 0) is 31.4 Å². The van der Waals surface area contributed by atoms with Crippen LogP contribution in [0.1, 0.15) is 17.1 Å². The van der Waals surface area contributed by atoms with Gasteiger partial charge >= 0.3 is 6.03 Å². The Morgan fingerprint density at radius 3 is 2.83 bits per heavy atom. The molecule has 0 spiro atoms. The number of hydrogen-bond donors (Lipinski definition) is 1. The predicted octanol–water partition coefficient (Wildman–Crippen LogP) is 2.81. The summed E-state index contributed by atoms with van der Waals surface area (Å²) >= 11 is 1.70. The van der Waals surface area contributed by atoms with Gasteiger partial charge < -0.3 is 19.9 Å². The second kappa shape index (κ2) is 9.66. The van der Waals surface area contributed by atoms with E-state index in [0.29, 0.717) is 5.92 Å². The fourth-order valence-electron chi connectivity index (χ4n) is 4.20. The quantitative estimate of drug-likeness (QED) is 0.765. The van der Waals surface area contributed by atoms with Crippen LogP contribution < -0.4 is 15.0 Å². The van der Waals surface area contributed by atoms with Crippen molar-refractivity contribution in [2.75, 3.05) is 57.8 Å². The van der Waals surface area contributed by atoms with Crippen LogP contribution in [0.4, 0.5) is 10.5 Å². The van der Waals surface area contributed by atoms with Gasteiger partial charge in [0.1, 0.15) is 5.75 Å². The first-order chi connectivity index (χ1) is 14.6. The molecule has 8 heteroatoms. The molecule has 30 heavy (non-hydrogen) atoms. The summed E-state index contributed by atoms with van der Waals surface area (Å²) in [5.41, 5.74) is 2.33. The maximum absolute atomic E-state index is 12.6. The van der Waals surface area contributed by atoms with Crippen LogP contribution in [0.3, 0.4) is 0 Å². The molecule has 7 nitrogen and oxygen atoms in total. The van der Waals surface area contributed by atoms with Crippen molar-refractivity contribution in [2.45, 2.75) is 19.9 Å². The molecule has 2 amide bonds. The van der Waals surface area contributed by atoms with E-state index in [9.17, 15) is 4.79 Å². The van der Waals surface area contributed by atoms with E-state index in [4.69, 9.17) is 4.74 Å². The van der Waals surface area contributed by atoms with Crippen LogP contribution in [0.2, 0.25) is 0 Å². The van der Waals surface area contributed by atoms with Gasteiger partial charge in [-0.25, -0.2) is 9.78 Å². The first kappa shape index (κ1) is 20.9. The number of aromatic nitrogens is 1. The van der Waals surface area contributed by atoms with Crippen molar-refractivity contribution >= 4 is 23.1 Å². The zero-order valence-electron chi connectivity index (χ0n) is 17.8. The number of hydrogen-bond acceptors (Lipinski definition) is 6. The molecule has 2 saturated heterocycles.